The zero-order valence-electron chi connectivity index (χ0n) is 10.3. The maximum Gasteiger partial charge on any atom is 0.246 e. The molecule has 2 aromatic rings. The summed E-state index contributed by atoms with van der Waals surface area (Å²) in [5.74, 6) is 0. The average Bonchev–Trinajstić information content (AvgIpc) is 2.46. The minimum Gasteiger partial charge on any atom is -0.381 e. The molecule has 0 aliphatic heterocycles. The molecule has 19 heavy (non-hydrogen) atoms. The first-order chi connectivity index (χ1) is 9.18. The van der Waals surface area contributed by atoms with E-state index in [2.05, 4.69) is 0 Å². The number of aliphatic hydroxyl groups is 1. The minimum absolute atomic E-state index is 0.212. The normalized spacial score (nSPS) is 13.7. The number of nitro groups is 1. The third-order valence-electron chi connectivity index (χ3n) is 3.06. The van der Waals surface area contributed by atoms with Crippen LogP contribution in [0.15, 0.2) is 60.7 Å². The van der Waals surface area contributed by atoms with Gasteiger partial charge in [-0.2, -0.15) is 0 Å². The summed E-state index contributed by atoms with van der Waals surface area (Å²) in [6.07, 6.45) is -0.888. The van der Waals surface area contributed by atoms with Crippen LogP contribution in [0.1, 0.15) is 17.2 Å². The molecule has 2 atom stereocenters. The molecule has 0 unspecified atom stereocenters. The molecule has 0 fully saturated rings. The zero-order valence-corrected chi connectivity index (χ0v) is 10.3. The molecular weight excluding hydrogens is 242 g/mol. The molecule has 0 saturated carbocycles. The van der Waals surface area contributed by atoms with E-state index in [0.717, 1.165) is 5.56 Å². The molecule has 98 valence electrons. The summed E-state index contributed by atoms with van der Waals surface area (Å²) in [5, 5.41) is 21.3. The van der Waals surface area contributed by atoms with Crippen molar-refractivity contribution >= 4 is 0 Å². The molecular formula is C15H15NO3. The van der Waals surface area contributed by atoms with Gasteiger partial charge in [-0.1, -0.05) is 60.7 Å². The summed E-state index contributed by atoms with van der Waals surface area (Å²) in [7, 11) is 0. The minimum atomic E-state index is -1.10. The van der Waals surface area contributed by atoms with Gasteiger partial charge in [-0.25, -0.2) is 0 Å². The van der Waals surface area contributed by atoms with Crippen molar-refractivity contribution < 1.29 is 10.0 Å². The lowest BCUT2D eigenvalue weighted by Crippen LogP contribution is -2.29. The lowest BCUT2D eigenvalue weighted by Gasteiger charge is -2.16. The number of benzene rings is 2. The molecule has 0 aliphatic rings. The Hall–Kier alpha value is -2.20. The van der Waals surface area contributed by atoms with Gasteiger partial charge in [-0.05, 0) is 11.1 Å². The van der Waals surface area contributed by atoms with Crippen LogP contribution in [0.3, 0.4) is 0 Å². The lowest BCUT2D eigenvalue weighted by molar-refractivity contribution is -0.535. The fourth-order valence-corrected chi connectivity index (χ4v) is 2.03. The summed E-state index contributed by atoms with van der Waals surface area (Å²) in [6.45, 7) is 0. The molecule has 2 aromatic carbocycles. The molecule has 4 heteroatoms. The molecule has 2 rings (SSSR count). The van der Waals surface area contributed by atoms with Crippen molar-refractivity contribution in [1.29, 1.82) is 0 Å². The predicted molar refractivity (Wildman–Crippen MR) is 72.3 cm³/mol. The first kappa shape index (κ1) is 13.2. The van der Waals surface area contributed by atoms with E-state index < -0.39 is 17.1 Å². The molecule has 0 spiro atoms. The molecule has 0 amide bonds. The van der Waals surface area contributed by atoms with E-state index in [1.54, 1.807) is 24.3 Å². The van der Waals surface area contributed by atoms with Crippen LogP contribution in [0.4, 0.5) is 0 Å². The van der Waals surface area contributed by atoms with Gasteiger partial charge in [0.25, 0.3) is 0 Å². The molecule has 0 bridgehead atoms. The van der Waals surface area contributed by atoms with Gasteiger partial charge in [0, 0.05) is 11.3 Å². The van der Waals surface area contributed by atoms with E-state index in [1.165, 1.54) is 0 Å². The highest BCUT2D eigenvalue weighted by Crippen LogP contribution is 2.21. The first-order valence-electron chi connectivity index (χ1n) is 6.09. The Morgan fingerprint density at radius 1 is 1.00 bits per heavy atom. The molecule has 4 nitrogen and oxygen atoms in total. The highest BCUT2D eigenvalue weighted by atomic mass is 16.6. The van der Waals surface area contributed by atoms with Crippen LogP contribution in [0, 0.1) is 10.1 Å². The van der Waals surface area contributed by atoms with Crippen molar-refractivity contribution in [2.45, 2.75) is 18.6 Å². The first-order valence-corrected chi connectivity index (χ1v) is 6.09. The molecule has 0 aliphatic carbocycles. The second kappa shape index (κ2) is 6.11. The van der Waals surface area contributed by atoms with Gasteiger partial charge >= 0.3 is 0 Å². The van der Waals surface area contributed by atoms with Crippen molar-refractivity contribution in [3.8, 4) is 0 Å². The largest absolute Gasteiger partial charge is 0.381 e. The highest BCUT2D eigenvalue weighted by Gasteiger charge is 2.31. The second-order valence-electron chi connectivity index (χ2n) is 4.40. The van der Waals surface area contributed by atoms with E-state index in [0.29, 0.717) is 5.56 Å². The van der Waals surface area contributed by atoms with Crippen LogP contribution in [0.2, 0.25) is 0 Å². The fraction of sp³-hybridized carbons (Fsp3) is 0.200. The number of hydrogen-bond donors (Lipinski definition) is 1. The van der Waals surface area contributed by atoms with Gasteiger partial charge in [0.05, 0.1) is 0 Å². The maximum atomic E-state index is 11.2. The van der Waals surface area contributed by atoms with Crippen LogP contribution in [-0.4, -0.2) is 16.1 Å². The van der Waals surface area contributed by atoms with Crippen molar-refractivity contribution in [2.75, 3.05) is 0 Å². The van der Waals surface area contributed by atoms with Gasteiger partial charge in [0.2, 0.25) is 6.04 Å². The van der Waals surface area contributed by atoms with Crippen LogP contribution in [0.5, 0.6) is 0 Å². The number of nitrogens with zero attached hydrogens (tertiary/aromatic N) is 1. The quantitative estimate of drug-likeness (QED) is 0.661. The summed E-state index contributed by atoms with van der Waals surface area (Å²) in [5.41, 5.74) is 1.42. The number of aliphatic hydroxyl groups excluding tert-OH is 1. The van der Waals surface area contributed by atoms with Crippen LogP contribution >= 0.6 is 0 Å². The van der Waals surface area contributed by atoms with Crippen LogP contribution in [-0.2, 0) is 6.42 Å². The summed E-state index contributed by atoms with van der Waals surface area (Å²) < 4.78 is 0. The third kappa shape index (κ3) is 3.39. The van der Waals surface area contributed by atoms with E-state index >= 15 is 0 Å². The average molecular weight is 257 g/mol. The van der Waals surface area contributed by atoms with Crippen molar-refractivity contribution in [1.82, 2.24) is 0 Å². The third-order valence-corrected chi connectivity index (χ3v) is 3.06. The molecule has 0 radical (unpaired) electrons. The van der Waals surface area contributed by atoms with Gasteiger partial charge in [-0.15, -0.1) is 0 Å². The number of rotatable bonds is 5. The standard InChI is InChI=1S/C15H15NO3/c17-15(13-9-5-2-6-10-13)14(16(18)19)11-12-7-3-1-4-8-12/h1-10,14-15,17H,11H2/t14-,15-/m0/s1. The summed E-state index contributed by atoms with van der Waals surface area (Å²) in [6, 6.07) is 16.9. The Kier molecular flexibility index (Phi) is 4.26. The van der Waals surface area contributed by atoms with Gasteiger partial charge in [0.15, 0.2) is 0 Å². The molecule has 0 aromatic heterocycles. The smallest absolute Gasteiger partial charge is 0.246 e. The summed E-state index contributed by atoms with van der Waals surface area (Å²) >= 11 is 0. The van der Waals surface area contributed by atoms with Crippen molar-refractivity contribution in [3.63, 3.8) is 0 Å². The van der Waals surface area contributed by atoms with E-state index in [4.69, 9.17) is 0 Å². The Bertz CT molecular complexity index is 528. The van der Waals surface area contributed by atoms with Crippen molar-refractivity contribution in [3.05, 3.63) is 81.9 Å². The monoisotopic (exact) mass is 257 g/mol. The second-order valence-corrected chi connectivity index (χ2v) is 4.40. The maximum absolute atomic E-state index is 11.2. The van der Waals surface area contributed by atoms with E-state index in [-0.39, 0.29) is 6.42 Å². The van der Waals surface area contributed by atoms with Gasteiger partial charge in [0.1, 0.15) is 6.10 Å². The van der Waals surface area contributed by atoms with Crippen molar-refractivity contribution in [2.24, 2.45) is 0 Å². The Balaban J connectivity index is 2.19. The molecule has 0 saturated heterocycles. The van der Waals surface area contributed by atoms with Gasteiger partial charge < -0.3 is 5.11 Å². The summed E-state index contributed by atoms with van der Waals surface area (Å²) in [4.78, 5) is 10.8. The zero-order chi connectivity index (χ0) is 13.7. The van der Waals surface area contributed by atoms with Crippen LogP contribution in [0.25, 0.3) is 0 Å². The molecule has 1 N–H and O–H groups in total. The Labute approximate surface area is 111 Å². The highest BCUT2D eigenvalue weighted by molar-refractivity contribution is 5.21. The van der Waals surface area contributed by atoms with E-state index in [9.17, 15) is 15.2 Å². The van der Waals surface area contributed by atoms with Crippen LogP contribution < -0.4 is 0 Å². The van der Waals surface area contributed by atoms with Gasteiger partial charge in [-0.3, -0.25) is 10.1 Å². The fourth-order valence-electron chi connectivity index (χ4n) is 2.03. The SMILES string of the molecule is O=[N+]([O-])[C@@H](Cc1ccccc1)[C@@H](O)c1ccccc1. The number of hydrogen-bond acceptors (Lipinski definition) is 3. The van der Waals surface area contributed by atoms with E-state index in [1.807, 2.05) is 36.4 Å². The Morgan fingerprint density at radius 3 is 2.05 bits per heavy atom. The molecule has 0 heterocycles. The Morgan fingerprint density at radius 2 is 1.53 bits per heavy atom. The lowest BCUT2D eigenvalue weighted by atomic mass is 9.97. The topological polar surface area (TPSA) is 63.4 Å². The predicted octanol–water partition coefficient (Wildman–Crippen LogP) is 2.61.